The van der Waals surface area contributed by atoms with E-state index in [1.165, 1.54) is 0 Å². The first-order chi connectivity index (χ1) is 13.4. The molecule has 0 radical (unpaired) electrons. The van der Waals surface area contributed by atoms with Crippen LogP contribution in [-0.4, -0.2) is 39.4 Å². The third-order valence-corrected chi connectivity index (χ3v) is 5.24. The predicted octanol–water partition coefficient (Wildman–Crippen LogP) is 2.01. The molecule has 2 atom stereocenters. The normalized spacial score (nSPS) is 17.1. The van der Waals surface area contributed by atoms with Crippen LogP contribution in [0.25, 0.3) is 0 Å². The Morgan fingerprint density at radius 2 is 1.79 bits per heavy atom. The molecule has 2 aromatic carbocycles. The molecule has 0 bridgehead atoms. The van der Waals surface area contributed by atoms with Crippen molar-refractivity contribution in [2.45, 2.75) is 24.1 Å². The van der Waals surface area contributed by atoms with Crippen LogP contribution in [0.15, 0.2) is 54.6 Å². The highest BCUT2D eigenvalue weighted by Gasteiger charge is 2.31. The van der Waals surface area contributed by atoms with Crippen LogP contribution in [0.4, 0.5) is 4.79 Å². The maximum Gasteiger partial charge on any atom is 0.326 e. The summed E-state index contributed by atoms with van der Waals surface area (Å²) in [6.45, 7) is 0. The zero-order valence-corrected chi connectivity index (χ0v) is 15.6. The van der Waals surface area contributed by atoms with Crippen LogP contribution >= 0.6 is 11.8 Å². The third-order valence-electron chi connectivity index (χ3n) is 4.26. The van der Waals surface area contributed by atoms with Crippen molar-refractivity contribution in [3.05, 3.63) is 71.3 Å². The largest absolute Gasteiger partial charge is 0.480 e. The number of carbonyl (C=O) groups is 4. The SMILES string of the molecule is O=C1NC(=O)C(Cc2cccc(C(=O)N[C@@H](Cc3ccccc3)C(=O)O)c2)S1. The Labute approximate surface area is 165 Å². The molecule has 3 N–H and O–H groups in total. The summed E-state index contributed by atoms with van der Waals surface area (Å²) in [7, 11) is 0. The molecule has 28 heavy (non-hydrogen) atoms. The first kappa shape index (κ1) is 19.6. The Kier molecular flexibility index (Phi) is 6.10. The number of hydrogen-bond donors (Lipinski definition) is 3. The molecular formula is C20H18N2O5S. The molecule has 1 heterocycles. The molecule has 0 aromatic heterocycles. The Bertz CT molecular complexity index is 916. The lowest BCUT2D eigenvalue weighted by atomic mass is 10.0. The van der Waals surface area contributed by atoms with Crippen molar-refractivity contribution in [3.8, 4) is 0 Å². The highest BCUT2D eigenvalue weighted by atomic mass is 32.2. The average molecular weight is 398 g/mol. The van der Waals surface area contributed by atoms with Gasteiger partial charge in [-0.1, -0.05) is 54.2 Å². The second kappa shape index (κ2) is 8.71. The van der Waals surface area contributed by atoms with E-state index >= 15 is 0 Å². The summed E-state index contributed by atoms with van der Waals surface area (Å²) in [6.07, 6.45) is 0.471. The molecule has 2 aromatic rings. The van der Waals surface area contributed by atoms with E-state index in [-0.39, 0.29) is 17.6 Å². The zero-order chi connectivity index (χ0) is 20.1. The fourth-order valence-corrected chi connectivity index (χ4v) is 3.73. The van der Waals surface area contributed by atoms with Gasteiger partial charge in [-0.3, -0.25) is 19.7 Å². The Morgan fingerprint density at radius 1 is 1.07 bits per heavy atom. The Hall–Kier alpha value is -3.13. The number of carboxylic acid groups (broad SMARTS) is 1. The average Bonchev–Trinajstić information content (AvgIpc) is 2.99. The molecule has 0 spiro atoms. The highest BCUT2D eigenvalue weighted by Crippen LogP contribution is 2.23. The number of nitrogens with one attached hydrogen (secondary N) is 2. The minimum atomic E-state index is -1.12. The van der Waals surface area contributed by atoms with Crippen molar-refractivity contribution in [1.29, 1.82) is 0 Å². The van der Waals surface area contributed by atoms with Gasteiger partial charge in [0.1, 0.15) is 6.04 Å². The summed E-state index contributed by atoms with van der Waals surface area (Å²) in [5.74, 6) is -1.98. The van der Waals surface area contributed by atoms with Crippen LogP contribution < -0.4 is 10.6 Å². The van der Waals surface area contributed by atoms with Crippen LogP contribution in [-0.2, 0) is 22.4 Å². The molecule has 1 saturated heterocycles. The van der Waals surface area contributed by atoms with Crippen LogP contribution in [0.5, 0.6) is 0 Å². The summed E-state index contributed by atoms with van der Waals surface area (Å²) in [4.78, 5) is 47.1. The molecule has 3 rings (SSSR count). The minimum absolute atomic E-state index is 0.169. The summed E-state index contributed by atoms with van der Waals surface area (Å²) in [5.41, 5.74) is 1.81. The van der Waals surface area contributed by atoms with Gasteiger partial charge in [0.25, 0.3) is 11.1 Å². The maximum absolute atomic E-state index is 12.5. The van der Waals surface area contributed by atoms with Crippen LogP contribution in [0, 0.1) is 0 Å². The Balaban J connectivity index is 1.68. The second-order valence-electron chi connectivity index (χ2n) is 6.34. The van der Waals surface area contributed by atoms with E-state index in [1.807, 2.05) is 18.2 Å². The van der Waals surface area contributed by atoms with Gasteiger partial charge in [0.2, 0.25) is 5.91 Å². The van der Waals surface area contributed by atoms with E-state index in [1.54, 1.807) is 36.4 Å². The first-order valence-corrected chi connectivity index (χ1v) is 9.48. The number of aliphatic carboxylic acids is 1. The fourth-order valence-electron chi connectivity index (χ4n) is 2.87. The molecule has 1 aliphatic heterocycles. The molecule has 0 saturated carbocycles. The number of thioether (sulfide) groups is 1. The highest BCUT2D eigenvalue weighted by molar-refractivity contribution is 8.15. The number of benzene rings is 2. The number of carboxylic acids is 1. The quantitative estimate of drug-likeness (QED) is 0.658. The number of imide groups is 1. The number of amides is 3. The molecule has 8 heteroatoms. The smallest absolute Gasteiger partial charge is 0.326 e. The van der Waals surface area contributed by atoms with Crippen molar-refractivity contribution >= 4 is 34.8 Å². The molecule has 1 fully saturated rings. The summed E-state index contributed by atoms with van der Waals surface area (Å²) < 4.78 is 0. The summed E-state index contributed by atoms with van der Waals surface area (Å²) >= 11 is 0.921. The second-order valence-corrected chi connectivity index (χ2v) is 7.52. The van der Waals surface area contributed by atoms with Crippen molar-refractivity contribution in [2.24, 2.45) is 0 Å². The van der Waals surface area contributed by atoms with E-state index in [0.717, 1.165) is 17.3 Å². The van der Waals surface area contributed by atoms with Crippen LogP contribution in [0.1, 0.15) is 21.5 Å². The van der Waals surface area contributed by atoms with Crippen LogP contribution in [0.3, 0.4) is 0 Å². The van der Waals surface area contributed by atoms with Crippen molar-refractivity contribution < 1.29 is 24.3 Å². The summed E-state index contributed by atoms with van der Waals surface area (Å²) in [5, 5.41) is 13.3. The van der Waals surface area contributed by atoms with Crippen molar-refractivity contribution in [3.63, 3.8) is 0 Å². The third kappa shape index (κ3) is 4.98. The lowest BCUT2D eigenvalue weighted by Gasteiger charge is -2.15. The molecule has 3 amide bonds. The lowest BCUT2D eigenvalue weighted by molar-refractivity contribution is -0.139. The number of carbonyl (C=O) groups excluding carboxylic acids is 3. The first-order valence-electron chi connectivity index (χ1n) is 8.60. The van der Waals surface area contributed by atoms with Crippen LogP contribution in [0.2, 0.25) is 0 Å². The van der Waals surface area contributed by atoms with E-state index in [0.29, 0.717) is 17.5 Å². The molecule has 144 valence electrons. The molecule has 1 aliphatic rings. The van der Waals surface area contributed by atoms with Gasteiger partial charge in [-0.05, 0) is 29.7 Å². The zero-order valence-electron chi connectivity index (χ0n) is 14.8. The summed E-state index contributed by atoms with van der Waals surface area (Å²) in [6, 6.07) is 14.6. The van der Waals surface area contributed by atoms with Gasteiger partial charge in [-0.15, -0.1) is 0 Å². The van der Waals surface area contributed by atoms with E-state index in [4.69, 9.17) is 0 Å². The maximum atomic E-state index is 12.5. The number of hydrogen-bond acceptors (Lipinski definition) is 5. The standard InChI is InChI=1S/C20H18N2O5S/c23-17(21-15(19(25)26)10-12-5-2-1-3-6-12)14-8-4-7-13(9-14)11-16-18(24)22-20(27)28-16/h1-9,15-16H,10-11H2,(H,21,23)(H,25,26)(H,22,24,27)/t15-,16?/m0/s1. The van der Waals surface area contributed by atoms with Crippen molar-refractivity contribution in [2.75, 3.05) is 0 Å². The number of rotatable bonds is 7. The topological polar surface area (TPSA) is 113 Å². The van der Waals surface area contributed by atoms with Gasteiger partial charge in [0.15, 0.2) is 0 Å². The van der Waals surface area contributed by atoms with E-state index in [2.05, 4.69) is 10.6 Å². The van der Waals surface area contributed by atoms with Gasteiger partial charge >= 0.3 is 5.97 Å². The monoisotopic (exact) mass is 398 g/mol. The van der Waals surface area contributed by atoms with Gasteiger partial charge in [-0.2, -0.15) is 0 Å². The fraction of sp³-hybridized carbons (Fsp3) is 0.200. The lowest BCUT2D eigenvalue weighted by Crippen LogP contribution is -2.42. The van der Waals surface area contributed by atoms with E-state index < -0.39 is 23.2 Å². The molecule has 7 nitrogen and oxygen atoms in total. The predicted molar refractivity (Wildman–Crippen MR) is 104 cm³/mol. The molecule has 0 aliphatic carbocycles. The van der Waals surface area contributed by atoms with Gasteiger partial charge in [0, 0.05) is 12.0 Å². The molecular weight excluding hydrogens is 380 g/mol. The van der Waals surface area contributed by atoms with Crippen molar-refractivity contribution in [1.82, 2.24) is 10.6 Å². The van der Waals surface area contributed by atoms with Gasteiger partial charge in [-0.25, -0.2) is 4.79 Å². The van der Waals surface area contributed by atoms with E-state index in [9.17, 15) is 24.3 Å². The Morgan fingerprint density at radius 3 is 2.43 bits per heavy atom. The van der Waals surface area contributed by atoms with Gasteiger partial charge in [0.05, 0.1) is 5.25 Å². The minimum Gasteiger partial charge on any atom is -0.480 e. The van der Waals surface area contributed by atoms with Gasteiger partial charge < -0.3 is 10.4 Å². The molecule has 1 unspecified atom stereocenters.